The number of aromatic nitrogens is 3. The molecule has 1 amide bonds. The van der Waals surface area contributed by atoms with E-state index in [9.17, 15) is 9.90 Å². The van der Waals surface area contributed by atoms with E-state index in [1.54, 1.807) is 35.2 Å². The molecule has 100 valence electrons. The van der Waals surface area contributed by atoms with Gasteiger partial charge >= 0.3 is 0 Å². The van der Waals surface area contributed by atoms with Crippen molar-refractivity contribution in [1.82, 2.24) is 14.6 Å². The lowest BCUT2D eigenvalue weighted by atomic mass is 10.2. The summed E-state index contributed by atoms with van der Waals surface area (Å²) in [6.07, 6.45) is 6.37. The van der Waals surface area contributed by atoms with E-state index < -0.39 is 0 Å². The summed E-state index contributed by atoms with van der Waals surface area (Å²) in [6, 6.07) is 4.78. The Bertz CT molecular complexity index is 795. The van der Waals surface area contributed by atoms with Crippen molar-refractivity contribution in [2.45, 2.75) is 6.92 Å². The third kappa shape index (κ3) is 2.07. The second-order valence-corrected chi connectivity index (χ2v) is 4.42. The lowest BCUT2D eigenvalue weighted by Gasteiger charge is -2.07. The fourth-order valence-electron chi connectivity index (χ4n) is 1.99. The standard InChI is InChI=1S/C14H12N4O2/c1-9-6-10(19)2-3-12(9)17-14(20)11-7-16-18-5-4-15-8-13(11)18/h2-8,19H,1H3,(H,17,20). The summed E-state index contributed by atoms with van der Waals surface area (Å²) in [5, 5.41) is 16.3. The number of aromatic hydroxyl groups is 1. The van der Waals surface area contributed by atoms with E-state index in [0.29, 0.717) is 16.8 Å². The molecule has 0 atom stereocenters. The Labute approximate surface area is 114 Å². The Morgan fingerprint density at radius 3 is 3.00 bits per heavy atom. The van der Waals surface area contributed by atoms with Crippen molar-refractivity contribution in [3.05, 3.63) is 54.1 Å². The first kappa shape index (κ1) is 12.2. The molecular weight excluding hydrogens is 256 g/mol. The van der Waals surface area contributed by atoms with E-state index in [1.807, 2.05) is 6.92 Å². The molecule has 2 N–H and O–H groups in total. The summed E-state index contributed by atoms with van der Waals surface area (Å²) in [4.78, 5) is 16.3. The smallest absolute Gasteiger partial charge is 0.259 e. The molecule has 2 aromatic heterocycles. The fraction of sp³-hybridized carbons (Fsp3) is 0.0714. The SMILES string of the molecule is Cc1cc(O)ccc1NC(=O)c1cnn2ccncc12. The number of amides is 1. The number of benzene rings is 1. The van der Waals surface area contributed by atoms with E-state index in [2.05, 4.69) is 15.4 Å². The number of nitrogens with one attached hydrogen (secondary N) is 1. The van der Waals surface area contributed by atoms with E-state index in [-0.39, 0.29) is 11.7 Å². The average Bonchev–Trinajstić information content (AvgIpc) is 2.86. The molecular formula is C14H12N4O2. The monoisotopic (exact) mass is 268 g/mol. The minimum Gasteiger partial charge on any atom is -0.508 e. The molecule has 0 aliphatic rings. The van der Waals surface area contributed by atoms with Gasteiger partial charge < -0.3 is 10.4 Å². The summed E-state index contributed by atoms with van der Waals surface area (Å²) in [7, 11) is 0. The summed E-state index contributed by atoms with van der Waals surface area (Å²) >= 11 is 0. The number of carbonyl (C=O) groups is 1. The Hall–Kier alpha value is -2.89. The van der Waals surface area contributed by atoms with Gasteiger partial charge in [-0.05, 0) is 30.7 Å². The zero-order valence-corrected chi connectivity index (χ0v) is 10.7. The highest BCUT2D eigenvalue weighted by Gasteiger charge is 2.13. The van der Waals surface area contributed by atoms with Crippen molar-refractivity contribution < 1.29 is 9.90 Å². The van der Waals surface area contributed by atoms with E-state index >= 15 is 0 Å². The summed E-state index contributed by atoms with van der Waals surface area (Å²) in [5.74, 6) is -0.0949. The van der Waals surface area contributed by atoms with Crippen LogP contribution in [0.4, 0.5) is 5.69 Å². The number of carbonyl (C=O) groups excluding carboxylic acids is 1. The number of rotatable bonds is 2. The molecule has 3 aromatic rings. The molecule has 0 radical (unpaired) electrons. The van der Waals surface area contributed by atoms with Crippen molar-refractivity contribution in [2.75, 3.05) is 5.32 Å². The van der Waals surface area contributed by atoms with Gasteiger partial charge in [0, 0.05) is 18.1 Å². The Morgan fingerprint density at radius 2 is 2.20 bits per heavy atom. The average molecular weight is 268 g/mol. The highest BCUT2D eigenvalue weighted by molar-refractivity contribution is 6.08. The summed E-state index contributed by atoms with van der Waals surface area (Å²) in [6.45, 7) is 1.81. The predicted octanol–water partition coefficient (Wildman–Crippen LogP) is 2.00. The number of phenols is 1. The molecule has 0 bridgehead atoms. The number of aryl methyl sites for hydroxylation is 1. The van der Waals surface area contributed by atoms with Crippen LogP contribution in [0.15, 0.2) is 43.0 Å². The van der Waals surface area contributed by atoms with Crippen molar-refractivity contribution in [2.24, 2.45) is 0 Å². The Morgan fingerprint density at radius 1 is 1.35 bits per heavy atom. The van der Waals surface area contributed by atoms with Gasteiger partial charge in [0.2, 0.25) is 0 Å². The highest BCUT2D eigenvalue weighted by atomic mass is 16.3. The van der Waals surface area contributed by atoms with Gasteiger partial charge in [-0.3, -0.25) is 9.78 Å². The topological polar surface area (TPSA) is 79.5 Å². The number of fused-ring (bicyclic) bond motifs is 1. The van der Waals surface area contributed by atoms with E-state index in [4.69, 9.17) is 0 Å². The van der Waals surface area contributed by atoms with Gasteiger partial charge in [0.15, 0.2) is 0 Å². The minimum absolute atomic E-state index is 0.167. The number of phenolic OH excluding ortho intramolecular Hbond substituents is 1. The van der Waals surface area contributed by atoms with E-state index in [0.717, 1.165) is 5.56 Å². The second-order valence-electron chi connectivity index (χ2n) is 4.42. The van der Waals surface area contributed by atoms with Gasteiger partial charge in [-0.25, -0.2) is 4.52 Å². The molecule has 6 nitrogen and oxygen atoms in total. The van der Waals surface area contributed by atoms with Crippen LogP contribution in [0.3, 0.4) is 0 Å². The van der Waals surface area contributed by atoms with Crippen molar-refractivity contribution in [1.29, 1.82) is 0 Å². The van der Waals surface area contributed by atoms with Crippen LogP contribution in [0.1, 0.15) is 15.9 Å². The first-order valence-electron chi connectivity index (χ1n) is 6.03. The fourth-order valence-corrected chi connectivity index (χ4v) is 1.99. The van der Waals surface area contributed by atoms with Crippen molar-refractivity contribution >= 4 is 17.1 Å². The molecule has 1 aromatic carbocycles. The van der Waals surface area contributed by atoms with Crippen LogP contribution in [0.2, 0.25) is 0 Å². The van der Waals surface area contributed by atoms with Gasteiger partial charge in [-0.1, -0.05) is 0 Å². The van der Waals surface area contributed by atoms with Crippen LogP contribution in [-0.2, 0) is 0 Å². The number of anilines is 1. The highest BCUT2D eigenvalue weighted by Crippen LogP contribution is 2.21. The quantitative estimate of drug-likeness (QED) is 0.697. The molecule has 20 heavy (non-hydrogen) atoms. The molecule has 0 aliphatic carbocycles. The first-order valence-corrected chi connectivity index (χ1v) is 6.03. The molecule has 0 saturated heterocycles. The van der Waals surface area contributed by atoms with Gasteiger partial charge in [0.05, 0.1) is 23.5 Å². The third-order valence-electron chi connectivity index (χ3n) is 3.03. The zero-order valence-electron chi connectivity index (χ0n) is 10.7. The maximum Gasteiger partial charge on any atom is 0.259 e. The van der Waals surface area contributed by atoms with Crippen LogP contribution >= 0.6 is 0 Å². The van der Waals surface area contributed by atoms with Crippen LogP contribution in [0.25, 0.3) is 5.52 Å². The van der Waals surface area contributed by atoms with Gasteiger partial charge in [-0.15, -0.1) is 0 Å². The largest absolute Gasteiger partial charge is 0.508 e. The van der Waals surface area contributed by atoms with Crippen LogP contribution in [-0.4, -0.2) is 25.6 Å². The van der Waals surface area contributed by atoms with Crippen LogP contribution in [0.5, 0.6) is 5.75 Å². The molecule has 6 heteroatoms. The molecule has 0 saturated carbocycles. The molecule has 0 unspecified atom stereocenters. The predicted molar refractivity (Wildman–Crippen MR) is 73.8 cm³/mol. The number of hydrogen-bond acceptors (Lipinski definition) is 4. The molecule has 0 aliphatic heterocycles. The Kier molecular flexibility index (Phi) is 2.83. The summed E-state index contributed by atoms with van der Waals surface area (Å²) < 4.78 is 1.59. The maximum absolute atomic E-state index is 12.3. The number of nitrogens with zero attached hydrogens (tertiary/aromatic N) is 3. The van der Waals surface area contributed by atoms with Crippen LogP contribution < -0.4 is 5.32 Å². The number of hydrogen-bond donors (Lipinski definition) is 2. The van der Waals surface area contributed by atoms with Gasteiger partial charge in [0.1, 0.15) is 5.75 Å². The van der Waals surface area contributed by atoms with Crippen molar-refractivity contribution in [3.8, 4) is 5.75 Å². The molecule has 0 spiro atoms. The molecule has 2 heterocycles. The van der Waals surface area contributed by atoms with Gasteiger partial charge in [0.25, 0.3) is 5.91 Å². The minimum atomic E-state index is -0.262. The molecule has 3 rings (SSSR count). The normalized spacial score (nSPS) is 10.7. The molecule has 0 fully saturated rings. The third-order valence-corrected chi connectivity index (χ3v) is 3.03. The zero-order chi connectivity index (χ0) is 14.1. The lowest BCUT2D eigenvalue weighted by molar-refractivity contribution is 0.102. The lowest BCUT2D eigenvalue weighted by Crippen LogP contribution is -2.12. The summed E-state index contributed by atoms with van der Waals surface area (Å²) in [5.41, 5.74) is 2.52. The Balaban J connectivity index is 1.93. The second kappa shape index (κ2) is 4.65. The van der Waals surface area contributed by atoms with E-state index in [1.165, 1.54) is 12.3 Å². The van der Waals surface area contributed by atoms with Gasteiger partial charge in [-0.2, -0.15) is 5.10 Å². The van der Waals surface area contributed by atoms with Crippen LogP contribution in [0, 0.1) is 6.92 Å². The van der Waals surface area contributed by atoms with Crippen molar-refractivity contribution in [3.63, 3.8) is 0 Å². The maximum atomic E-state index is 12.3. The first-order chi connectivity index (χ1) is 9.65.